The third-order valence-corrected chi connectivity index (χ3v) is 6.02. The van der Waals surface area contributed by atoms with Gasteiger partial charge in [0.05, 0.1) is 32.4 Å². The molecule has 3 aromatic rings. The lowest BCUT2D eigenvalue weighted by atomic mass is 9.94. The number of Topliss-reactive ketones (excluding diaryl/α,β-unsaturated/α-hetero) is 1. The van der Waals surface area contributed by atoms with Crippen molar-refractivity contribution in [2.75, 3.05) is 20.8 Å². The van der Waals surface area contributed by atoms with E-state index in [2.05, 4.69) is 11.8 Å². The van der Waals surface area contributed by atoms with Crippen molar-refractivity contribution in [1.82, 2.24) is 4.90 Å². The first-order valence-corrected chi connectivity index (χ1v) is 11.1. The molecular weight excluding hydrogens is 438 g/mol. The van der Waals surface area contributed by atoms with Gasteiger partial charge >= 0.3 is 0 Å². The highest BCUT2D eigenvalue weighted by atomic mass is 32.1. The summed E-state index contributed by atoms with van der Waals surface area (Å²) in [6.45, 7) is 0.0164. The standard InChI is InChI=1S/C26H21NO5S/c1-31-19-11-9-18(10-12-19)24(28)22-23(20-7-3-4-8-21(20)32-2)27(26(30)25(22)29)14-5-6-17-13-15-33-16-17/h3-4,7-13,15-16,23,28H,14H2,1-2H3. The van der Waals surface area contributed by atoms with Crippen LogP contribution >= 0.6 is 11.3 Å². The van der Waals surface area contributed by atoms with E-state index in [1.54, 1.807) is 55.6 Å². The van der Waals surface area contributed by atoms with Crippen LogP contribution in [0, 0.1) is 11.8 Å². The summed E-state index contributed by atoms with van der Waals surface area (Å²) in [6, 6.07) is 14.8. The molecule has 0 bridgehead atoms. The van der Waals surface area contributed by atoms with Crippen LogP contribution in [0.3, 0.4) is 0 Å². The van der Waals surface area contributed by atoms with Gasteiger partial charge in [-0.1, -0.05) is 30.0 Å². The Hall–Kier alpha value is -4.02. The summed E-state index contributed by atoms with van der Waals surface area (Å²) in [5.74, 6) is 5.34. The average Bonchev–Trinajstić information content (AvgIpc) is 3.46. The van der Waals surface area contributed by atoms with E-state index >= 15 is 0 Å². The van der Waals surface area contributed by atoms with Crippen molar-refractivity contribution >= 4 is 28.8 Å². The molecule has 1 aliphatic rings. The number of aliphatic hydroxyl groups excluding tert-OH is 1. The zero-order chi connectivity index (χ0) is 23.4. The molecule has 0 radical (unpaired) electrons. The van der Waals surface area contributed by atoms with E-state index in [4.69, 9.17) is 9.47 Å². The van der Waals surface area contributed by atoms with Gasteiger partial charge < -0.3 is 19.5 Å². The highest BCUT2D eigenvalue weighted by Crippen LogP contribution is 2.42. The minimum absolute atomic E-state index is 0.00741. The van der Waals surface area contributed by atoms with Gasteiger partial charge in [-0.2, -0.15) is 11.3 Å². The summed E-state index contributed by atoms with van der Waals surface area (Å²) in [6.07, 6.45) is 0. The van der Waals surface area contributed by atoms with Gasteiger partial charge in [0, 0.05) is 22.1 Å². The molecule has 1 aliphatic heterocycles. The predicted octanol–water partition coefficient (Wildman–Crippen LogP) is 4.24. The first kappa shape index (κ1) is 22.2. The highest BCUT2D eigenvalue weighted by Gasteiger charge is 2.46. The molecule has 2 aromatic carbocycles. The maximum absolute atomic E-state index is 13.1. The largest absolute Gasteiger partial charge is 0.507 e. The van der Waals surface area contributed by atoms with Gasteiger partial charge in [-0.25, -0.2) is 0 Å². The van der Waals surface area contributed by atoms with Crippen LogP contribution in [0.2, 0.25) is 0 Å². The SMILES string of the molecule is COc1ccc(C(O)=C2C(=O)C(=O)N(CC#Cc3ccsc3)C2c2ccccc2OC)cc1. The molecule has 33 heavy (non-hydrogen) atoms. The van der Waals surface area contributed by atoms with Gasteiger partial charge in [-0.3, -0.25) is 9.59 Å². The molecule has 1 fully saturated rings. The smallest absolute Gasteiger partial charge is 0.296 e. The summed E-state index contributed by atoms with van der Waals surface area (Å²) < 4.78 is 10.7. The quantitative estimate of drug-likeness (QED) is 0.267. The molecule has 1 saturated heterocycles. The van der Waals surface area contributed by atoms with Crippen molar-refractivity contribution < 1.29 is 24.2 Å². The number of ether oxygens (including phenoxy) is 2. The van der Waals surface area contributed by atoms with Gasteiger partial charge in [0.25, 0.3) is 11.7 Å². The Balaban J connectivity index is 1.83. The minimum atomic E-state index is -0.847. The van der Waals surface area contributed by atoms with Crippen LogP contribution in [0.25, 0.3) is 5.76 Å². The number of likely N-dealkylation sites (tertiary alicyclic amines) is 1. The molecule has 1 atom stereocenters. The molecule has 6 nitrogen and oxygen atoms in total. The van der Waals surface area contributed by atoms with E-state index in [9.17, 15) is 14.7 Å². The Bertz CT molecular complexity index is 1270. The molecule has 166 valence electrons. The zero-order valence-electron chi connectivity index (χ0n) is 18.1. The number of carbonyl (C=O) groups is 2. The number of benzene rings is 2. The van der Waals surface area contributed by atoms with E-state index in [0.717, 1.165) is 5.56 Å². The summed E-state index contributed by atoms with van der Waals surface area (Å²) in [5, 5.41) is 14.9. The van der Waals surface area contributed by atoms with Crippen LogP contribution in [-0.4, -0.2) is 42.5 Å². The predicted molar refractivity (Wildman–Crippen MR) is 126 cm³/mol. The van der Waals surface area contributed by atoms with E-state index in [-0.39, 0.29) is 17.9 Å². The molecule has 0 spiro atoms. The monoisotopic (exact) mass is 459 g/mol. The fourth-order valence-corrected chi connectivity index (χ4v) is 4.31. The number of carbonyl (C=O) groups excluding carboxylic acids is 2. The van der Waals surface area contributed by atoms with Crippen molar-refractivity contribution in [2.45, 2.75) is 6.04 Å². The van der Waals surface area contributed by atoms with E-state index < -0.39 is 17.7 Å². The van der Waals surface area contributed by atoms with Gasteiger partial charge in [-0.15, -0.1) is 0 Å². The lowest BCUT2D eigenvalue weighted by Gasteiger charge is -2.24. The van der Waals surface area contributed by atoms with Crippen LogP contribution in [-0.2, 0) is 9.59 Å². The normalized spacial score (nSPS) is 16.9. The average molecular weight is 460 g/mol. The van der Waals surface area contributed by atoms with Gasteiger partial charge in [-0.05, 0) is 41.8 Å². The van der Waals surface area contributed by atoms with Crippen LogP contribution < -0.4 is 9.47 Å². The maximum atomic E-state index is 13.1. The number of hydrogen-bond donors (Lipinski definition) is 1. The van der Waals surface area contributed by atoms with Crippen molar-refractivity contribution in [2.24, 2.45) is 0 Å². The third-order valence-electron chi connectivity index (χ3n) is 5.34. The third kappa shape index (κ3) is 4.34. The summed E-state index contributed by atoms with van der Waals surface area (Å²) in [4.78, 5) is 27.5. The van der Waals surface area contributed by atoms with Crippen LogP contribution in [0.15, 0.2) is 70.9 Å². The molecular formula is C26H21NO5S. The van der Waals surface area contributed by atoms with Crippen molar-refractivity contribution in [3.05, 3.63) is 87.6 Å². The first-order chi connectivity index (χ1) is 16.0. The lowest BCUT2D eigenvalue weighted by molar-refractivity contribution is -0.139. The fourth-order valence-electron chi connectivity index (χ4n) is 3.73. The first-order valence-electron chi connectivity index (χ1n) is 10.1. The Morgan fingerprint density at radius 1 is 1.06 bits per heavy atom. The Morgan fingerprint density at radius 3 is 2.48 bits per heavy atom. The van der Waals surface area contributed by atoms with Crippen LogP contribution in [0.4, 0.5) is 0 Å². The Labute approximate surface area is 195 Å². The van der Waals surface area contributed by atoms with Gasteiger partial charge in [0.1, 0.15) is 17.3 Å². The number of para-hydroxylation sites is 1. The summed E-state index contributed by atoms with van der Waals surface area (Å²) >= 11 is 1.53. The van der Waals surface area contributed by atoms with E-state index in [1.807, 2.05) is 16.8 Å². The molecule has 0 aliphatic carbocycles. The summed E-state index contributed by atoms with van der Waals surface area (Å²) in [5.41, 5.74) is 1.82. The number of amides is 1. The van der Waals surface area contributed by atoms with Crippen molar-refractivity contribution in [3.63, 3.8) is 0 Å². The molecule has 1 unspecified atom stereocenters. The topological polar surface area (TPSA) is 76.1 Å². The van der Waals surface area contributed by atoms with Gasteiger partial charge in [0.15, 0.2) is 0 Å². The number of ketones is 1. The molecule has 4 rings (SSSR count). The lowest BCUT2D eigenvalue weighted by Crippen LogP contribution is -2.30. The van der Waals surface area contributed by atoms with Crippen LogP contribution in [0.1, 0.15) is 22.7 Å². The number of aliphatic hydroxyl groups is 1. The Morgan fingerprint density at radius 2 is 1.82 bits per heavy atom. The van der Waals surface area contributed by atoms with Crippen molar-refractivity contribution in [3.8, 4) is 23.3 Å². The second-order valence-corrected chi connectivity index (χ2v) is 7.99. The highest BCUT2D eigenvalue weighted by molar-refractivity contribution is 7.08. The molecule has 2 heterocycles. The fraction of sp³-hybridized carbons (Fsp3) is 0.154. The second-order valence-electron chi connectivity index (χ2n) is 7.21. The molecule has 1 aromatic heterocycles. The van der Waals surface area contributed by atoms with E-state index in [0.29, 0.717) is 22.6 Å². The second kappa shape index (κ2) is 9.63. The number of rotatable bonds is 5. The molecule has 1 N–H and O–H groups in total. The Kier molecular flexibility index (Phi) is 6.48. The maximum Gasteiger partial charge on any atom is 0.296 e. The molecule has 0 saturated carbocycles. The zero-order valence-corrected chi connectivity index (χ0v) is 18.9. The summed E-state index contributed by atoms with van der Waals surface area (Å²) in [7, 11) is 3.06. The number of methoxy groups -OCH3 is 2. The van der Waals surface area contributed by atoms with E-state index in [1.165, 1.54) is 23.3 Å². The van der Waals surface area contributed by atoms with Crippen LogP contribution in [0.5, 0.6) is 11.5 Å². The van der Waals surface area contributed by atoms with Crippen molar-refractivity contribution in [1.29, 1.82) is 0 Å². The molecule has 7 heteroatoms. The number of thiophene rings is 1. The number of hydrogen-bond acceptors (Lipinski definition) is 6. The van der Waals surface area contributed by atoms with Gasteiger partial charge in [0.2, 0.25) is 0 Å². The molecule has 1 amide bonds. The number of nitrogens with zero attached hydrogens (tertiary/aromatic N) is 1. The minimum Gasteiger partial charge on any atom is -0.507 e.